The molecule has 4 heterocycles. The van der Waals surface area contributed by atoms with Crippen molar-refractivity contribution in [1.82, 2.24) is 19.2 Å². The minimum Gasteiger partial charge on any atom is -0.353 e. The number of thiocarbonyl (C=S) groups is 1. The highest BCUT2D eigenvalue weighted by atomic mass is 32.2. The number of rotatable bonds is 5. The second-order valence-electron chi connectivity index (χ2n) is 8.27. The topological polar surface area (TPSA) is 61.2 Å². The van der Waals surface area contributed by atoms with Crippen molar-refractivity contribution in [2.24, 2.45) is 0 Å². The molecule has 2 saturated heterocycles. The van der Waals surface area contributed by atoms with Crippen molar-refractivity contribution in [3.63, 3.8) is 0 Å². The maximum atomic E-state index is 13.6. The van der Waals surface area contributed by atoms with Gasteiger partial charge in [-0.2, -0.15) is 0 Å². The van der Waals surface area contributed by atoms with Crippen LogP contribution in [0.3, 0.4) is 0 Å². The summed E-state index contributed by atoms with van der Waals surface area (Å²) in [7, 11) is 0. The molecule has 0 aromatic carbocycles. The molecule has 0 unspecified atom stereocenters. The van der Waals surface area contributed by atoms with Gasteiger partial charge in [-0.05, 0) is 44.5 Å². The fourth-order valence-corrected chi connectivity index (χ4v) is 5.56. The van der Waals surface area contributed by atoms with Crippen molar-refractivity contribution < 1.29 is 4.79 Å². The lowest BCUT2D eigenvalue weighted by Crippen LogP contribution is -2.47. The van der Waals surface area contributed by atoms with E-state index in [1.54, 1.807) is 21.6 Å². The first-order valence-corrected chi connectivity index (χ1v) is 12.3. The van der Waals surface area contributed by atoms with Gasteiger partial charge in [-0.3, -0.25) is 18.9 Å². The third-order valence-electron chi connectivity index (χ3n) is 6.31. The number of anilines is 1. The summed E-state index contributed by atoms with van der Waals surface area (Å²) in [6, 6.07) is 3.82. The van der Waals surface area contributed by atoms with Crippen LogP contribution in [0.5, 0.6) is 0 Å². The molecule has 2 aromatic heterocycles. The number of pyridine rings is 1. The third kappa shape index (κ3) is 4.09. The van der Waals surface area contributed by atoms with E-state index in [1.165, 1.54) is 11.8 Å². The van der Waals surface area contributed by atoms with Crippen LogP contribution in [0.2, 0.25) is 0 Å². The number of thioether (sulfide) groups is 1. The molecule has 170 valence electrons. The second-order valence-corrected chi connectivity index (χ2v) is 9.95. The van der Waals surface area contributed by atoms with Crippen molar-refractivity contribution in [3.8, 4) is 0 Å². The Morgan fingerprint density at radius 2 is 1.94 bits per heavy atom. The first kappa shape index (κ1) is 22.9. The van der Waals surface area contributed by atoms with Crippen molar-refractivity contribution in [2.75, 3.05) is 37.6 Å². The fourth-order valence-electron chi connectivity index (χ4n) is 4.12. The Balaban J connectivity index is 1.84. The van der Waals surface area contributed by atoms with Crippen LogP contribution in [0.4, 0.5) is 5.82 Å². The first-order valence-electron chi connectivity index (χ1n) is 11.1. The Hall–Kier alpha value is -2.23. The Kier molecular flexibility index (Phi) is 6.69. The fraction of sp³-hybridized carbons (Fsp3) is 0.478. The van der Waals surface area contributed by atoms with Gasteiger partial charge < -0.3 is 9.80 Å². The van der Waals surface area contributed by atoms with Crippen molar-refractivity contribution in [1.29, 1.82) is 0 Å². The van der Waals surface area contributed by atoms with Gasteiger partial charge in [-0.25, -0.2) is 4.98 Å². The van der Waals surface area contributed by atoms with Crippen molar-refractivity contribution in [2.45, 2.75) is 40.2 Å². The molecule has 0 spiro atoms. The number of likely N-dealkylation sites (N-methyl/N-ethyl adjacent to an activating group) is 1. The summed E-state index contributed by atoms with van der Waals surface area (Å²) in [5.41, 5.74) is 1.87. The smallest absolute Gasteiger partial charge is 0.267 e. The molecular weight excluding hydrogens is 442 g/mol. The summed E-state index contributed by atoms with van der Waals surface area (Å²) in [4.78, 5) is 38.3. The molecule has 2 fully saturated rings. The molecule has 1 amide bonds. The van der Waals surface area contributed by atoms with E-state index < -0.39 is 0 Å². The van der Waals surface area contributed by atoms with E-state index in [0.29, 0.717) is 26.3 Å². The molecule has 0 radical (unpaired) electrons. The average Bonchev–Trinajstić information content (AvgIpc) is 3.08. The molecule has 2 aliphatic heterocycles. The number of fused-ring (bicyclic) bond motifs is 1. The molecule has 9 heteroatoms. The van der Waals surface area contributed by atoms with Crippen molar-refractivity contribution >= 4 is 51.7 Å². The zero-order valence-corrected chi connectivity index (χ0v) is 20.6. The lowest BCUT2D eigenvalue weighted by atomic mass is 10.2. The number of amides is 1. The van der Waals surface area contributed by atoms with Gasteiger partial charge in [0.25, 0.3) is 11.5 Å². The number of aromatic nitrogens is 2. The molecular formula is C23H29N5O2S2. The Labute approximate surface area is 198 Å². The van der Waals surface area contributed by atoms with Gasteiger partial charge >= 0.3 is 0 Å². The summed E-state index contributed by atoms with van der Waals surface area (Å²) in [6.07, 6.45) is 4.25. The quantitative estimate of drug-likeness (QED) is 0.490. The standard InChI is InChI=1S/C23H29N5O2S2/c1-5-16(4)28-22(30)18(32-23(28)31)14-17-20(26-12-10-25(6-2)11-13-26)24-19-15(3)8-7-9-27(19)21(17)29/h7-9,14,16H,5-6,10-13H2,1-4H3/b18-14-/t16-/m0/s1. The van der Waals surface area contributed by atoms with Crippen LogP contribution in [-0.4, -0.2) is 68.2 Å². The number of hydrogen-bond acceptors (Lipinski definition) is 7. The van der Waals surface area contributed by atoms with Gasteiger partial charge in [0.15, 0.2) is 0 Å². The van der Waals surface area contributed by atoms with E-state index >= 15 is 0 Å². The summed E-state index contributed by atoms with van der Waals surface area (Å²) in [5.74, 6) is 0.513. The van der Waals surface area contributed by atoms with Crippen LogP contribution in [0.15, 0.2) is 28.0 Å². The van der Waals surface area contributed by atoms with Crippen LogP contribution in [0.1, 0.15) is 38.3 Å². The predicted octanol–water partition coefficient (Wildman–Crippen LogP) is 3.14. The Morgan fingerprint density at radius 3 is 2.59 bits per heavy atom. The molecule has 32 heavy (non-hydrogen) atoms. The molecule has 0 saturated carbocycles. The average molecular weight is 472 g/mol. The molecule has 7 nitrogen and oxygen atoms in total. The number of carbonyl (C=O) groups excluding carboxylic acids is 1. The van der Waals surface area contributed by atoms with E-state index in [2.05, 4.69) is 16.7 Å². The summed E-state index contributed by atoms with van der Waals surface area (Å²) >= 11 is 6.74. The lowest BCUT2D eigenvalue weighted by Gasteiger charge is -2.35. The van der Waals surface area contributed by atoms with E-state index in [0.717, 1.165) is 44.7 Å². The molecule has 1 atom stereocenters. The number of aryl methyl sites for hydroxylation is 1. The third-order valence-corrected chi connectivity index (χ3v) is 7.64. The second kappa shape index (κ2) is 9.33. The van der Waals surface area contributed by atoms with Crippen LogP contribution in [0.25, 0.3) is 11.7 Å². The van der Waals surface area contributed by atoms with E-state index in [4.69, 9.17) is 17.2 Å². The van der Waals surface area contributed by atoms with E-state index in [1.807, 2.05) is 32.9 Å². The maximum absolute atomic E-state index is 13.6. The lowest BCUT2D eigenvalue weighted by molar-refractivity contribution is -0.123. The largest absolute Gasteiger partial charge is 0.353 e. The SMILES string of the molecule is CC[C@H](C)N1C(=O)/C(=C/c2c(N3CCN(CC)CC3)nc3c(C)cccn3c2=O)SC1=S. The molecule has 2 aromatic rings. The summed E-state index contributed by atoms with van der Waals surface area (Å²) in [6.45, 7) is 12.5. The minimum absolute atomic E-state index is 0.0217. The van der Waals surface area contributed by atoms with Gasteiger partial charge in [-0.1, -0.05) is 43.9 Å². The number of piperazine rings is 1. The summed E-state index contributed by atoms with van der Waals surface area (Å²) < 4.78 is 2.11. The van der Waals surface area contributed by atoms with Crippen molar-refractivity contribution in [3.05, 3.63) is 44.7 Å². The number of carbonyl (C=O) groups is 1. The predicted molar refractivity (Wildman–Crippen MR) is 135 cm³/mol. The monoisotopic (exact) mass is 471 g/mol. The van der Waals surface area contributed by atoms with Crippen LogP contribution >= 0.6 is 24.0 Å². The first-order chi connectivity index (χ1) is 15.3. The number of nitrogens with zero attached hydrogens (tertiary/aromatic N) is 5. The van der Waals surface area contributed by atoms with Gasteiger partial charge in [0.05, 0.1) is 10.5 Å². The van der Waals surface area contributed by atoms with Gasteiger partial charge in [0, 0.05) is 38.4 Å². The Morgan fingerprint density at radius 1 is 1.22 bits per heavy atom. The highest BCUT2D eigenvalue weighted by Crippen LogP contribution is 2.35. The molecule has 4 rings (SSSR count). The zero-order chi connectivity index (χ0) is 23.0. The van der Waals surface area contributed by atoms with Gasteiger partial charge in [-0.15, -0.1) is 0 Å². The molecule has 0 N–H and O–H groups in total. The normalized spacial score (nSPS) is 20.1. The summed E-state index contributed by atoms with van der Waals surface area (Å²) in [5, 5.41) is 0. The van der Waals surface area contributed by atoms with E-state index in [9.17, 15) is 9.59 Å². The minimum atomic E-state index is -0.166. The van der Waals surface area contributed by atoms with Crippen LogP contribution in [0, 0.1) is 6.92 Å². The highest BCUT2D eigenvalue weighted by molar-refractivity contribution is 8.26. The molecule has 2 aliphatic rings. The number of hydrogen-bond donors (Lipinski definition) is 0. The van der Waals surface area contributed by atoms with Crippen LogP contribution in [-0.2, 0) is 4.79 Å². The Bertz CT molecular complexity index is 1150. The maximum Gasteiger partial charge on any atom is 0.267 e. The van der Waals surface area contributed by atoms with Gasteiger partial charge in [0.2, 0.25) is 0 Å². The molecule has 0 aliphatic carbocycles. The van der Waals surface area contributed by atoms with E-state index in [-0.39, 0.29) is 17.5 Å². The highest BCUT2D eigenvalue weighted by Gasteiger charge is 2.35. The van der Waals surface area contributed by atoms with Crippen LogP contribution < -0.4 is 10.5 Å². The van der Waals surface area contributed by atoms with Gasteiger partial charge in [0.1, 0.15) is 15.8 Å². The molecule has 0 bridgehead atoms. The zero-order valence-electron chi connectivity index (χ0n) is 19.0.